The van der Waals surface area contributed by atoms with E-state index in [2.05, 4.69) is 13.0 Å². The molecule has 2 N–H and O–H groups in total. The number of nitrogens with zero attached hydrogens (tertiary/aromatic N) is 2. The summed E-state index contributed by atoms with van der Waals surface area (Å²) in [5.41, 5.74) is 9.64. The Morgan fingerprint density at radius 2 is 2.00 bits per heavy atom. The predicted molar refractivity (Wildman–Crippen MR) is 83.9 cm³/mol. The third-order valence-corrected chi connectivity index (χ3v) is 4.72. The lowest BCUT2D eigenvalue weighted by Gasteiger charge is -2.22. The maximum absolute atomic E-state index is 6.27. The van der Waals surface area contributed by atoms with Crippen LogP contribution in [-0.4, -0.2) is 9.78 Å². The fourth-order valence-electron chi connectivity index (χ4n) is 3.28. The second-order valence-electron chi connectivity index (χ2n) is 6.01. The molecule has 0 aliphatic heterocycles. The fourth-order valence-corrected chi connectivity index (χ4v) is 3.47. The van der Waals surface area contributed by atoms with Gasteiger partial charge in [-0.15, -0.1) is 0 Å². The first-order valence-corrected chi connectivity index (χ1v) is 7.48. The Balaban J connectivity index is 2.19. The van der Waals surface area contributed by atoms with Gasteiger partial charge < -0.3 is 5.73 Å². The van der Waals surface area contributed by atoms with Gasteiger partial charge >= 0.3 is 0 Å². The van der Waals surface area contributed by atoms with Crippen LogP contribution in [-0.2, 0) is 12.5 Å². The average Bonchev–Trinajstić information content (AvgIpc) is 2.97. The minimum Gasteiger partial charge on any atom is -0.383 e. The van der Waals surface area contributed by atoms with E-state index in [1.54, 1.807) is 4.68 Å². The molecular weight excluding hydrogens is 270 g/mol. The summed E-state index contributed by atoms with van der Waals surface area (Å²) in [4.78, 5) is 0. The van der Waals surface area contributed by atoms with Crippen LogP contribution in [0.5, 0.6) is 0 Å². The van der Waals surface area contributed by atoms with Crippen LogP contribution in [0.4, 0.5) is 5.82 Å². The number of rotatable bonds is 2. The van der Waals surface area contributed by atoms with Crippen LogP contribution < -0.4 is 5.73 Å². The van der Waals surface area contributed by atoms with E-state index < -0.39 is 0 Å². The molecule has 106 valence electrons. The highest BCUT2D eigenvalue weighted by Gasteiger charge is 2.36. The first kappa shape index (κ1) is 13.5. The van der Waals surface area contributed by atoms with E-state index in [0.717, 1.165) is 27.7 Å². The van der Waals surface area contributed by atoms with Gasteiger partial charge in [-0.1, -0.05) is 43.5 Å². The van der Waals surface area contributed by atoms with Crippen LogP contribution >= 0.6 is 11.6 Å². The van der Waals surface area contributed by atoms with E-state index in [4.69, 9.17) is 22.4 Å². The van der Waals surface area contributed by atoms with Gasteiger partial charge in [-0.25, -0.2) is 0 Å². The van der Waals surface area contributed by atoms with Crippen molar-refractivity contribution in [1.29, 1.82) is 0 Å². The van der Waals surface area contributed by atoms with Crippen molar-refractivity contribution in [3.63, 3.8) is 0 Å². The molecule has 2 aromatic rings. The molecule has 0 radical (unpaired) electrons. The van der Waals surface area contributed by atoms with Gasteiger partial charge in [0.1, 0.15) is 5.82 Å². The number of hydrogen-bond donors (Lipinski definition) is 1. The minimum absolute atomic E-state index is 0.132. The molecule has 4 heteroatoms. The van der Waals surface area contributed by atoms with E-state index >= 15 is 0 Å². The number of halogens is 1. The van der Waals surface area contributed by atoms with Crippen molar-refractivity contribution in [3.8, 4) is 11.1 Å². The molecule has 0 amide bonds. The monoisotopic (exact) mass is 289 g/mol. The molecule has 20 heavy (non-hydrogen) atoms. The van der Waals surface area contributed by atoms with Crippen LogP contribution in [0.15, 0.2) is 24.3 Å². The van der Waals surface area contributed by atoms with E-state index in [0.29, 0.717) is 0 Å². The van der Waals surface area contributed by atoms with Crippen LogP contribution in [0.25, 0.3) is 11.1 Å². The van der Waals surface area contributed by atoms with E-state index in [1.807, 2.05) is 25.2 Å². The zero-order chi connectivity index (χ0) is 14.3. The Hall–Kier alpha value is -1.48. The molecule has 3 rings (SSSR count). The van der Waals surface area contributed by atoms with Crippen LogP contribution in [0.2, 0.25) is 5.02 Å². The van der Waals surface area contributed by atoms with Gasteiger partial charge in [0.2, 0.25) is 0 Å². The van der Waals surface area contributed by atoms with E-state index in [9.17, 15) is 0 Å². The second-order valence-corrected chi connectivity index (χ2v) is 6.45. The number of aromatic nitrogens is 2. The lowest BCUT2D eigenvalue weighted by molar-refractivity contribution is 0.469. The molecule has 0 saturated heterocycles. The summed E-state index contributed by atoms with van der Waals surface area (Å²) in [6, 6.07) is 7.87. The summed E-state index contributed by atoms with van der Waals surface area (Å²) in [7, 11) is 1.91. The Bertz CT molecular complexity index is 639. The Kier molecular flexibility index (Phi) is 3.25. The summed E-state index contributed by atoms with van der Waals surface area (Å²) in [5, 5.41) is 5.45. The van der Waals surface area contributed by atoms with Crippen LogP contribution in [0.3, 0.4) is 0 Å². The number of nitrogen functional groups attached to an aromatic ring is 1. The van der Waals surface area contributed by atoms with Gasteiger partial charge in [0.15, 0.2) is 0 Å². The zero-order valence-electron chi connectivity index (χ0n) is 12.0. The van der Waals surface area contributed by atoms with Gasteiger partial charge in [-0.05, 0) is 30.5 Å². The quantitative estimate of drug-likeness (QED) is 0.902. The molecule has 1 aromatic carbocycles. The first-order chi connectivity index (χ1) is 9.51. The maximum Gasteiger partial charge on any atom is 0.129 e. The van der Waals surface area contributed by atoms with Crippen molar-refractivity contribution in [2.24, 2.45) is 7.05 Å². The number of benzene rings is 1. The molecule has 0 spiro atoms. The molecule has 0 bridgehead atoms. The van der Waals surface area contributed by atoms with Crippen molar-refractivity contribution in [1.82, 2.24) is 9.78 Å². The van der Waals surface area contributed by atoms with E-state index in [-0.39, 0.29) is 5.41 Å². The lowest BCUT2D eigenvalue weighted by atomic mass is 9.81. The lowest BCUT2D eigenvalue weighted by Crippen LogP contribution is -2.19. The number of anilines is 1. The topological polar surface area (TPSA) is 43.8 Å². The molecule has 1 fully saturated rings. The zero-order valence-corrected chi connectivity index (χ0v) is 12.7. The normalized spacial score (nSPS) is 17.6. The summed E-state index contributed by atoms with van der Waals surface area (Å²) in [6.45, 7) is 2.30. The van der Waals surface area contributed by atoms with Crippen molar-refractivity contribution in [2.75, 3.05) is 5.73 Å². The van der Waals surface area contributed by atoms with Crippen molar-refractivity contribution < 1.29 is 0 Å². The SMILES string of the molecule is Cn1nc(C2(C)CCCC2)c(-c2cccc(Cl)c2)c1N. The van der Waals surface area contributed by atoms with Crippen molar-refractivity contribution in [3.05, 3.63) is 35.0 Å². The summed E-state index contributed by atoms with van der Waals surface area (Å²) in [6.07, 6.45) is 4.89. The summed E-state index contributed by atoms with van der Waals surface area (Å²) < 4.78 is 1.79. The van der Waals surface area contributed by atoms with Gasteiger partial charge in [-0.3, -0.25) is 4.68 Å². The van der Waals surface area contributed by atoms with Gasteiger partial charge in [-0.2, -0.15) is 5.10 Å². The first-order valence-electron chi connectivity index (χ1n) is 7.10. The number of nitrogens with two attached hydrogens (primary N) is 1. The molecule has 3 nitrogen and oxygen atoms in total. The third kappa shape index (κ3) is 2.10. The van der Waals surface area contributed by atoms with Gasteiger partial charge in [0.05, 0.1) is 5.69 Å². The maximum atomic E-state index is 6.27. The second kappa shape index (κ2) is 4.81. The summed E-state index contributed by atoms with van der Waals surface area (Å²) in [5.74, 6) is 0.718. The highest BCUT2D eigenvalue weighted by Crippen LogP contribution is 2.45. The molecule has 1 saturated carbocycles. The molecule has 0 unspecified atom stereocenters. The van der Waals surface area contributed by atoms with Gasteiger partial charge in [0, 0.05) is 23.0 Å². The molecular formula is C16H20ClN3. The highest BCUT2D eigenvalue weighted by atomic mass is 35.5. The molecule has 1 aliphatic rings. The Morgan fingerprint density at radius 1 is 1.30 bits per heavy atom. The number of aryl methyl sites for hydroxylation is 1. The molecule has 0 atom stereocenters. The third-order valence-electron chi connectivity index (χ3n) is 4.48. The van der Waals surface area contributed by atoms with Crippen molar-refractivity contribution in [2.45, 2.75) is 38.0 Å². The number of hydrogen-bond acceptors (Lipinski definition) is 2. The Labute approximate surface area is 124 Å². The largest absolute Gasteiger partial charge is 0.383 e. The molecule has 1 aliphatic carbocycles. The summed E-state index contributed by atoms with van der Waals surface area (Å²) >= 11 is 6.13. The smallest absolute Gasteiger partial charge is 0.129 e. The Morgan fingerprint density at radius 3 is 2.65 bits per heavy atom. The van der Waals surface area contributed by atoms with E-state index in [1.165, 1.54) is 25.7 Å². The standard InChI is InChI=1S/C16H20ClN3/c1-16(8-3-4-9-16)14-13(15(18)20(2)19-14)11-6-5-7-12(17)10-11/h5-7,10H,3-4,8-9,18H2,1-2H3. The van der Waals surface area contributed by atoms with Crippen LogP contribution in [0.1, 0.15) is 38.3 Å². The fraction of sp³-hybridized carbons (Fsp3) is 0.438. The minimum atomic E-state index is 0.132. The van der Waals surface area contributed by atoms with Crippen LogP contribution in [0, 0.1) is 0 Å². The highest BCUT2D eigenvalue weighted by molar-refractivity contribution is 6.30. The van der Waals surface area contributed by atoms with Gasteiger partial charge in [0.25, 0.3) is 0 Å². The predicted octanol–water partition coefficient (Wildman–Crippen LogP) is 4.15. The van der Waals surface area contributed by atoms with Crippen molar-refractivity contribution >= 4 is 17.4 Å². The molecule has 1 aromatic heterocycles. The molecule has 1 heterocycles. The average molecular weight is 290 g/mol.